The van der Waals surface area contributed by atoms with Crippen LogP contribution in [0.4, 0.5) is 18.9 Å². The third-order valence-electron chi connectivity index (χ3n) is 4.02. The van der Waals surface area contributed by atoms with E-state index in [4.69, 9.17) is 4.74 Å². The quantitative estimate of drug-likeness (QED) is 0.854. The number of aryl methyl sites for hydroxylation is 1. The van der Waals surface area contributed by atoms with Gasteiger partial charge >= 0.3 is 6.18 Å². The van der Waals surface area contributed by atoms with Crippen molar-refractivity contribution in [2.75, 3.05) is 11.9 Å². The van der Waals surface area contributed by atoms with Crippen LogP contribution in [0.1, 0.15) is 38.2 Å². The Morgan fingerprint density at radius 2 is 1.83 bits per heavy atom. The lowest BCUT2D eigenvalue weighted by atomic mass is 9.91. The minimum Gasteiger partial charge on any atom is -0.482 e. The summed E-state index contributed by atoms with van der Waals surface area (Å²) in [7, 11) is 0. The first-order valence-corrected chi connectivity index (χ1v) is 8.07. The second-order valence-corrected chi connectivity index (χ2v) is 6.30. The van der Waals surface area contributed by atoms with E-state index in [2.05, 4.69) is 10.6 Å². The molecule has 0 spiro atoms. The lowest BCUT2D eigenvalue weighted by Crippen LogP contribution is -2.39. The van der Waals surface area contributed by atoms with E-state index in [1.54, 1.807) is 12.1 Å². The molecule has 1 fully saturated rings. The summed E-state index contributed by atoms with van der Waals surface area (Å²) in [6.45, 7) is 2.00. The zero-order chi connectivity index (χ0) is 17.7. The number of ether oxygens (including phenoxy) is 1. The molecule has 134 valence electrons. The Hall–Kier alpha value is -1.92. The number of anilines is 1. The van der Waals surface area contributed by atoms with E-state index in [0.29, 0.717) is 5.69 Å². The van der Waals surface area contributed by atoms with E-state index in [1.165, 1.54) is 6.92 Å². The van der Waals surface area contributed by atoms with Crippen LogP contribution in [0.25, 0.3) is 0 Å². The maximum absolute atomic E-state index is 12.4. The van der Waals surface area contributed by atoms with Crippen molar-refractivity contribution in [1.29, 1.82) is 0 Å². The first kappa shape index (κ1) is 18.4. The minimum absolute atomic E-state index is 0.0345. The molecular formula is C17H23F3N2O2. The van der Waals surface area contributed by atoms with E-state index in [0.717, 1.165) is 31.2 Å². The summed E-state index contributed by atoms with van der Waals surface area (Å²) in [6, 6.07) is 5.54. The summed E-state index contributed by atoms with van der Waals surface area (Å²) in [5.74, 6) is 0.184. The molecule has 24 heavy (non-hydrogen) atoms. The van der Waals surface area contributed by atoms with Gasteiger partial charge in [-0.1, -0.05) is 6.07 Å². The van der Waals surface area contributed by atoms with E-state index in [9.17, 15) is 18.0 Å². The second-order valence-electron chi connectivity index (χ2n) is 6.30. The van der Waals surface area contributed by atoms with Crippen LogP contribution in [-0.4, -0.2) is 30.8 Å². The highest BCUT2D eigenvalue weighted by Gasteiger charge is 2.29. The molecule has 0 aromatic heterocycles. The molecule has 2 N–H and O–H groups in total. The summed E-state index contributed by atoms with van der Waals surface area (Å²) in [4.78, 5) is 11.1. The van der Waals surface area contributed by atoms with E-state index in [-0.39, 0.29) is 23.7 Å². The van der Waals surface area contributed by atoms with Crippen LogP contribution in [0.5, 0.6) is 5.75 Å². The molecule has 0 unspecified atom stereocenters. The molecule has 7 heteroatoms. The number of hydrogen-bond donors (Lipinski definition) is 2. The summed E-state index contributed by atoms with van der Waals surface area (Å²) < 4.78 is 42.2. The number of rotatable bonds is 5. The van der Waals surface area contributed by atoms with Crippen molar-refractivity contribution in [1.82, 2.24) is 5.32 Å². The summed E-state index contributed by atoms with van der Waals surface area (Å²) >= 11 is 0. The van der Waals surface area contributed by atoms with E-state index in [1.807, 2.05) is 13.0 Å². The molecule has 0 radical (unpaired) electrons. The molecule has 0 saturated heterocycles. The van der Waals surface area contributed by atoms with Crippen LogP contribution >= 0.6 is 0 Å². The van der Waals surface area contributed by atoms with Crippen LogP contribution in [0.2, 0.25) is 0 Å². The molecule has 1 aromatic carbocycles. The highest BCUT2D eigenvalue weighted by Crippen LogP contribution is 2.31. The van der Waals surface area contributed by atoms with Crippen molar-refractivity contribution in [3.63, 3.8) is 0 Å². The molecule has 0 heterocycles. The Morgan fingerprint density at radius 3 is 2.42 bits per heavy atom. The van der Waals surface area contributed by atoms with Gasteiger partial charge in [-0.2, -0.15) is 13.2 Å². The summed E-state index contributed by atoms with van der Waals surface area (Å²) in [5.41, 5.74) is 1.42. The van der Waals surface area contributed by atoms with Gasteiger partial charge in [0.1, 0.15) is 5.75 Å². The molecule has 0 bridgehead atoms. The Morgan fingerprint density at radius 1 is 1.21 bits per heavy atom. The Kier molecular flexibility index (Phi) is 5.96. The fraction of sp³-hybridized carbons (Fsp3) is 0.588. The highest BCUT2D eigenvalue weighted by molar-refractivity contribution is 5.73. The van der Waals surface area contributed by atoms with Crippen molar-refractivity contribution >= 4 is 11.6 Å². The third kappa shape index (κ3) is 5.94. The van der Waals surface area contributed by atoms with Crippen LogP contribution in [0, 0.1) is 6.92 Å². The number of carbonyl (C=O) groups is 1. The van der Waals surface area contributed by atoms with Gasteiger partial charge in [0, 0.05) is 19.0 Å². The van der Waals surface area contributed by atoms with Crippen LogP contribution < -0.4 is 15.4 Å². The normalized spacial score (nSPS) is 21.2. The Balaban J connectivity index is 1.96. The smallest absolute Gasteiger partial charge is 0.422 e. The third-order valence-corrected chi connectivity index (χ3v) is 4.02. The molecule has 1 aromatic rings. The average molecular weight is 344 g/mol. The molecule has 0 aliphatic heterocycles. The van der Waals surface area contributed by atoms with E-state index >= 15 is 0 Å². The fourth-order valence-corrected chi connectivity index (χ4v) is 2.92. The molecular weight excluding hydrogens is 321 g/mol. The van der Waals surface area contributed by atoms with Gasteiger partial charge in [-0.05, 0) is 50.3 Å². The van der Waals surface area contributed by atoms with Crippen molar-refractivity contribution in [2.45, 2.75) is 57.8 Å². The molecule has 4 nitrogen and oxygen atoms in total. The number of carbonyl (C=O) groups excluding carboxylic acids is 1. The molecule has 2 rings (SSSR count). The van der Waals surface area contributed by atoms with E-state index < -0.39 is 12.8 Å². The van der Waals surface area contributed by atoms with Crippen molar-refractivity contribution in [3.8, 4) is 5.75 Å². The number of halogens is 3. The van der Waals surface area contributed by atoms with Crippen LogP contribution in [0.15, 0.2) is 18.2 Å². The van der Waals surface area contributed by atoms with Crippen molar-refractivity contribution < 1.29 is 22.7 Å². The van der Waals surface area contributed by atoms with Crippen molar-refractivity contribution in [3.05, 3.63) is 23.8 Å². The van der Waals surface area contributed by atoms with Gasteiger partial charge in [0.15, 0.2) is 6.61 Å². The molecule has 1 aliphatic rings. The highest BCUT2D eigenvalue weighted by atomic mass is 19.4. The molecule has 0 atom stereocenters. The largest absolute Gasteiger partial charge is 0.482 e. The van der Waals surface area contributed by atoms with Crippen LogP contribution in [0.3, 0.4) is 0 Å². The van der Waals surface area contributed by atoms with Crippen LogP contribution in [-0.2, 0) is 4.79 Å². The molecule has 1 saturated carbocycles. The summed E-state index contributed by atoms with van der Waals surface area (Å²) in [5, 5.41) is 6.19. The van der Waals surface area contributed by atoms with Gasteiger partial charge < -0.3 is 15.4 Å². The van der Waals surface area contributed by atoms with Gasteiger partial charge in [0.25, 0.3) is 0 Å². The predicted octanol–water partition coefficient (Wildman–Crippen LogP) is 3.80. The summed E-state index contributed by atoms with van der Waals surface area (Å²) in [6.07, 6.45) is -0.976. The lowest BCUT2D eigenvalue weighted by molar-refractivity contribution is -0.153. The average Bonchev–Trinajstić information content (AvgIpc) is 2.48. The minimum atomic E-state index is -4.36. The maximum atomic E-state index is 12.4. The topological polar surface area (TPSA) is 50.4 Å². The van der Waals surface area contributed by atoms with Gasteiger partial charge in [-0.3, -0.25) is 4.79 Å². The van der Waals surface area contributed by atoms with Gasteiger partial charge in [-0.15, -0.1) is 0 Å². The Bertz CT molecular complexity index is 567. The second kappa shape index (κ2) is 7.77. The number of hydrogen-bond acceptors (Lipinski definition) is 3. The van der Waals surface area contributed by atoms with Gasteiger partial charge in [0.05, 0.1) is 5.69 Å². The monoisotopic (exact) mass is 344 g/mol. The fourth-order valence-electron chi connectivity index (χ4n) is 2.92. The number of nitrogens with one attached hydrogen (secondary N) is 2. The van der Waals surface area contributed by atoms with Gasteiger partial charge in [-0.25, -0.2) is 0 Å². The first-order chi connectivity index (χ1) is 11.2. The van der Waals surface area contributed by atoms with Gasteiger partial charge in [0.2, 0.25) is 5.91 Å². The Labute approximate surface area is 139 Å². The molecule has 1 aliphatic carbocycles. The lowest BCUT2D eigenvalue weighted by Gasteiger charge is -2.30. The number of benzene rings is 1. The number of alkyl halides is 3. The SMILES string of the molecule is CC(=O)NC1CCC(Nc2ccc(C)cc2OCC(F)(F)F)CC1. The van der Waals surface area contributed by atoms with Crippen molar-refractivity contribution in [2.24, 2.45) is 0 Å². The number of amides is 1. The molecule has 1 amide bonds. The predicted molar refractivity (Wildman–Crippen MR) is 86.2 cm³/mol. The zero-order valence-electron chi connectivity index (χ0n) is 13.9. The maximum Gasteiger partial charge on any atom is 0.422 e. The standard InChI is InChI=1S/C17H23F3N2O2/c1-11-3-8-15(16(9-11)24-10-17(18,19)20)22-14-6-4-13(5-7-14)21-12(2)23/h3,8-9,13-14,22H,4-7,10H2,1-2H3,(H,21,23). The zero-order valence-corrected chi connectivity index (χ0v) is 13.9. The first-order valence-electron chi connectivity index (χ1n) is 8.07.